The molecule has 4 saturated heterocycles. The van der Waals surface area contributed by atoms with Crippen molar-refractivity contribution in [2.75, 3.05) is 109 Å². The lowest BCUT2D eigenvalue weighted by Gasteiger charge is -2.47. The Kier molecular flexibility index (Phi) is 29.7. The molecule has 0 saturated carbocycles. The van der Waals surface area contributed by atoms with E-state index in [4.69, 9.17) is 88.0 Å². The number of nitrogens with two attached hydrogens (primary N) is 4. The molecule has 12 rings (SSSR count). The maximum absolute atomic E-state index is 12.8. The van der Waals surface area contributed by atoms with Crippen molar-refractivity contribution >= 4 is 23.9 Å². The lowest BCUT2D eigenvalue weighted by molar-refractivity contribution is -0.161. The highest BCUT2D eigenvalue weighted by Gasteiger charge is 2.47. The normalized spacial score (nSPS) is 29.5. The smallest absolute Gasteiger partial charge is 0.323 e. The molecule has 8 aliphatic rings. The van der Waals surface area contributed by atoms with Gasteiger partial charge in [0.15, 0.2) is 46.0 Å². The Labute approximate surface area is 734 Å². The molecule has 24 nitrogen and oxygen atoms in total. The largest absolute Gasteiger partial charge is 0.493 e. The van der Waals surface area contributed by atoms with Gasteiger partial charge in [0.2, 0.25) is 0 Å². The first-order valence-electron chi connectivity index (χ1n) is 49.2. The number of rotatable bonds is 28. The number of carbonyl (C=O) groups excluding carboxylic acids is 4. The number of esters is 4. The van der Waals surface area contributed by atoms with E-state index in [2.05, 4.69) is 75.0 Å². The van der Waals surface area contributed by atoms with Crippen molar-refractivity contribution < 1.29 is 91.1 Å². The van der Waals surface area contributed by atoms with Crippen LogP contribution in [0.2, 0.25) is 0 Å². The van der Waals surface area contributed by atoms with Crippen LogP contribution >= 0.6 is 0 Å². The van der Waals surface area contributed by atoms with Crippen LogP contribution in [0.1, 0.15) is 246 Å². The van der Waals surface area contributed by atoms with Crippen LogP contribution in [-0.4, -0.2) is 201 Å². The quantitative estimate of drug-likeness (QED) is 0.0303. The molecule has 8 heterocycles. The molecule has 0 aliphatic carbocycles. The van der Waals surface area contributed by atoms with Gasteiger partial charge in [0.25, 0.3) is 0 Å². The van der Waals surface area contributed by atoms with Gasteiger partial charge in [-0.2, -0.15) is 0 Å². The lowest BCUT2D eigenvalue weighted by Crippen LogP contribution is -2.51. The van der Waals surface area contributed by atoms with Crippen molar-refractivity contribution in [3.8, 4) is 46.0 Å². The van der Waals surface area contributed by atoms with Gasteiger partial charge < -0.3 is 79.8 Å². The van der Waals surface area contributed by atoms with Crippen molar-refractivity contribution in [2.24, 2.45) is 93.9 Å². The molecule has 0 aromatic heterocycles. The fourth-order valence-corrected chi connectivity index (χ4v) is 18.1. The number of fused-ring (bicyclic) bond motifs is 12. The molecule has 4 aromatic carbocycles. The van der Waals surface area contributed by atoms with Gasteiger partial charge in [-0.25, -0.2) is 0 Å². The van der Waals surface area contributed by atoms with Crippen LogP contribution in [0.5, 0.6) is 46.0 Å². The van der Waals surface area contributed by atoms with E-state index in [9.17, 15) is 26.0 Å². The van der Waals surface area contributed by atoms with Crippen LogP contribution < -0.4 is 60.8 Å². The van der Waals surface area contributed by atoms with E-state index in [1.54, 1.807) is 52.7 Å². The molecule has 4 aromatic rings. The number of benzene rings is 4. The van der Waals surface area contributed by atoms with Crippen LogP contribution in [-0.2, 0) is 63.8 Å². The Morgan fingerprint density at radius 1 is 0.333 bits per heavy atom. The average molecular weight is 1690 g/mol. The summed E-state index contributed by atoms with van der Waals surface area (Å²) in [7, 11) is 4.09. The van der Waals surface area contributed by atoms with Gasteiger partial charge in [-0.15, -0.1) is 0 Å². The number of carbonyl (C=O) groups is 4. The van der Waals surface area contributed by atoms with Crippen molar-refractivity contribution in [1.82, 2.24) is 19.6 Å². The molecular weight excluding hydrogens is 1520 g/mol. The first-order valence-corrected chi connectivity index (χ1v) is 43.7. The van der Waals surface area contributed by atoms with E-state index in [0.717, 1.165) is 96.1 Å². The van der Waals surface area contributed by atoms with E-state index in [1.807, 2.05) is 79.7 Å². The molecule has 120 heavy (non-hydrogen) atoms. The second-order valence-corrected chi connectivity index (χ2v) is 37.0. The Balaban J connectivity index is 0.000000197. The Bertz CT molecular complexity index is 4400. The zero-order valence-corrected chi connectivity index (χ0v) is 75.9. The summed E-state index contributed by atoms with van der Waals surface area (Å²) in [5.74, 6) is 3.15. The van der Waals surface area contributed by atoms with Crippen molar-refractivity contribution in [1.29, 1.82) is 0 Å². The minimum atomic E-state index is -2.61. The van der Waals surface area contributed by atoms with Crippen LogP contribution in [0.3, 0.4) is 0 Å². The van der Waals surface area contributed by atoms with E-state index in [1.165, 1.54) is 14.2 Å². The van der Waals surface area contributed by atoms with E-state index in [0.29, 0.717) is 118 Å². The maximum Gasteiger partial charge on any atom is 0.323 e. The average Bonchev–Trinajstić information content (AvgIpc) is 0.784. The molecule has 8 N–H and O–H groups in total. The summed E-state index contributed by atoms with van der Waals surface area (Å²) in [6.07, 6.45) is 4.72. The molecule has 0 radical (unpaired) electrons. The summed E-state index contributed by atoms with van der Waals surface area (Å²) in [6.45, 7) is 37.6. The monoisotopic (exact) mass is 1680 g/mol. The van der Waals surface area contributed by atoms with Crippen molar-refractivity contribution in [3.05, 3.63) is 93.0 Å². The van der Waals surface area contributed by atoms with Gasteiger partial charge in [0.05, 0.1) is 71.8 Å². The van der Waals surface area contributed by atoms with Crippen LogP contribution in [0, 0.1) is 71.0 Å². The van der Waals surface area contributed by atoms with E-state index < -0.39 is 98.5 Å². The summed E-state index contributed by atoms with van der Waals surface area (Å²) in [6, 6.07) is 7.11. The zero-order valence-electron chi connectivity index (χ0n) is 86.9. The van der Waals surface area contributed by atoms with Gasteiger partial charge in [0.1, 0.15) is 48.6 Å². The summed E-state index contributed by atoms with van der Waals surface area (Å²) in [5, 5.41) is 0. The molecule has 672 valence electrons. The van der Waals surface area contributed by atoms with E-state index >= 15 is 0 Å². The standard InChI is InChI=1S/4C24H38N2O4/c4*1-14(2)9-17-13-26-8-7-16-10-21(28-5)22(29-6)11-18(16)19(26)12-20(17)30-24(27)23(25)15(3)4/h4*10-11,14-15,17,19-20,23H,7-9,12-13,25H2,1-6H3/t4*17?,19?,20?,23-/m0000/s1/i19D,20D;2*5D3,19D;19D. The first kappa shape index (κ1) is 81.2. The molecular formula is C96H152N8O16. The predicted molar refractivity (Wildman–Crippen MR) is 471 cm³/mol. The Hall–Kier alpha value is -7.16. The Morgan fingerprint density at radius 2 is 0.550 bits per heavy atom. The highest BCUT2D eigenvalue weighted by Crippen LogP contribution is 2.50. The number of hydrogen-bond donors (Lipinski definition) is 4. The fourth-order valence-electron chi connectivity index (χ4n) is 18.1. The van der Waals surface area contributed by atoms with Gasteiger partial charge in [-0.05, 0) is 192 Å². The molecule has 8 aliphatic heterocycles. The number of piperidine rings is 4. The minimum Gasteiger partial charge on any atom is -0.493 e. The summed E-state index contributed by atoms with van der Waals surface area (Å²) < 4.78 is 159. The highest BCUT2D eigenvalue weighted by atomic mass is 16.6. The Morgan fingerprint density at radius 3 is 0.783 bits per heavy atom. The highest BCUT2D eigenvalue weighted by molar-refractivity contribution is 5.77. The first-order chi connectivity index (χ1) is 61.0. The summed E-state index contributed by atoms with van der Waals surface area (Å²) in [5.41, 5.74) is 31.2. The number of nitrogens with zero attached hydrogens (tertiary/aromatic N) is 4. The van der Waals surface area contributed by atoms with Gasteiger partial charge >= 0.3 is 23.9 Å². The topological polar surface area (TPSA) is 296 Å². The van der Waals surface area contributed by atoms with Crippen molar-refractivity contribution in [3.63, 3.8) is 0 Å². The molecule has 4 fully saturated rings. The molecule has 0 amide bonds. The van der Waals surface area contributed by atoms with Crippen LogP contribution in [0.25, 0.3) is 0 Å². The molecule has 12 unspecified atom stereocenters. The second kappa shape index (κ2) is 43.9. The van der Waals surface area contributed by atoms with Gasteiger partial charge in [-0.3, -0.25) is 38.8 Å². The fraction of sp³-hybridized carbons (Fsp3) is 0.708. The SMILES string of the molecule is [2H]C([2H])([2H])Oc1cc2c(cc1OC)C1([2H])CC(OC(=O)[C@@H](N)C(C)C)C(CC(C)C)CN1CC2.[2H]C([2H])([2H])Oc1cc2c(cc1OC)C1([2H])CC(OC(=O)[C@@H](N)C(C)C)C(CC(C)C)CN1CC2.[2H]C1(OC(=O)[C@@H](N)C(C)C)CC2([2H])c3cc(OC)c(OC)cc3CCN2CC1CC(C)C.[2H]C12CC(OC(=O)[C@@H](N)C(C)C)C(CC(C)C)CN1CCc1cc(OC)c(OC)cc12. The predicted octanol–water partition coefficient (Wildman–Crippen LogP) is 14.3. The third-order valence-electron chi connectivity index (χ3n) is 25.0. The van der Waals surface area contributed by atoms with Crippen molar-refractivity contribution in [2.45, 2.75) is 260 Å². The number of methoxy groups -OCH3 is 8. The maximum atomic E-state index is 12.8. The molecule has 0 bridgehead atoms. The van der Waals surface area contributed by atoms with E-state index in [-0.39, 0.29) is 88.8 Å². The summed E-state index contributed by atoms with van der Waals surface area (Å²) >= 11 is 0. The minimum absolute atomic E-state index is 0.00762. The second-order valence-electron chi connectivity index (χ2n) is 37.0. The zero-order chi connectivity index (χ0) is 97.6. The third-order valence-corrected chi connectivity index (χ3v) is 25.0. The van der Waals surface area contributed by atoms with Crippen LogP contribution in [0.4, 0.5) is 0 Å². The number of ether oxygens (including phenoxy) is 12. The van der Waals surface area contributed by atoms with Gasteiger partial charge in [0, 0.05) is 126 Å². The lowest BCUT2D eigenvalue weighted by atomic mass is 9.79. The summed E-state index contributed by atoms with van der Waals surface area (Å²) in [4.78, 5) is 59.7. The van der Waals surface area contributed by atoms with Gasteiger partial charge in [-0.1, -0.05) is 111 Å². The number of hydrogen-bond acceptors (Lipinski definition) is 24. The van der Waals surface area contributed by atoms with Crippen LogP contribution in [0.15, 0.2) is 48.5 Å². The molecule has 24 heteroatoms. The molecule has 16 atom stereocenters. The molecule has 0 spiro atoms. The third kappa shape index (κ3) is 23.8.